The fourth-order valence-corrected chi connectivity index (χ4v) is 0.725. The van der Waals surface area contributed by atoms with E-state index >= 15 is 0 Å². The predicted molar refractivity (Wildman–Crippen MR) is 32.5 cm³/mol. The van der Waals surface area contributed by atoms with E-state index in [1.54, 1.807) is 6.34 Å². The average molecular weight is 128 g/mol. The molecule has 1 rings (SSSR count). The Hall–Kier alpha value is -1.06. The second kappa shape index (κ2) is 2.48. The van der Waals surface area contributed by atoms with E-state index in [2.05, 4.69) is 10.3 Å². The number of aliphatic imine (C=N–C) groups is 1. The average Bonchev–Trinajstić information content (AvgIpc) is 2.15. The largest absolute Gasteiger partial charge is 0.481 e. The highest BCUT2D eigenvalue weighted by molar-refractivity contribution is 5.69. The summed E-state index contributed by atoms with van der Waals surface area (Å²) in [5.41, 5.74) is 0. The Kier molecular flexibility index (Phi) is 1.67. The van der Waals surface area contributed by atoms with Crippen LogP contribution in [0.4, 0.5) is 0 Å². The summed E-state index contributed by atoms with van der Waals surface area (Å²) >= 11 is 0. The fourth-order valence-electron chi connectivity index (χ4n) is 0.725. The van der Waals surface area contributed by atoms with Crippen LogP contribution in [0.3, 0.4) is 0 Å². The minimum atomic E-state index is -0.780. The molecule has 0 fully saturated rings. The van der Waals surface area contributed by atoms with Gasteiger partial charge >= 0.3 is 5.97 Å². The molecular weight excluding hydrogens is 120 g/mol. The summed E-state index contributed by atoms with van der Waals surface area (Å²) in [4.78, 5) is 13.9. The summed E-state index contributed by atoms with van der Waals surface area (Å²) < 4.78 is 0. The Bertz CT molecular complexity index is 136. The summed E-state index contributed by atoms with van der Waals surface area (Å²) in [6, 6.07) is 0.0162. The number of hydrogen-bond acceptors (Lipinski definition) is 3. The van der Waals surface area contributed by atoms with E-state index in [9.17, 15) is 4.79 Å². The highest BCUT2D eigenvalue weighted by Gasteiger charge is 2.13. The highest BCUT2D eigenvalue weighted by Crippen LogP contribution is 1.95. The SMILES string of the molecule is O=C(O)CC1CN=CN1. The molecule has 0 aromatic rings. The number of aliphatic carboxylic acids is 1. The fraction of sp³-hybridized carbons (Fsp3) is 0.600. The van der Waals surface area contributed by atoms with Crippen LogP contribution in [0.1, 0.15) is 6.42 Å². The highest BCUT2D eigenvalue weighted by atomic mass is 16.4. The molecule has 0 spiro atoms. The number of nitrogens with one attached hydrogen (secondary N) is 1. The van der Waals surface area contributed by atoms with Crippen molar-refractivity contribution in [2.24, 2.45) is 4.99 Å². The van der Waals surface area contributed by atoms with Gasteiger partial charge in [0.15, 0.2) is 0 Å². The first-order valence-electron chi connectivity index (χ1n) is 2.75. The third-order valence-electron chi connectivity index (χ3n) is 1.15. The monoisotopic (exact) mass is 128 g/mol. The van der Waals surface area contributed by atoms with E-state index in [1.807, 2.05) is 0 Å². The van der Waals surface area contributed by atoms with Gasteiger partial charge < -0.3 is 10.4 Å². The van der Waals surface area contributed by atoms with E-state index in [0.29, 0.717) is 6.54 Å². The van der Waals surface area contributed by atoms with Crippen molar-refractivity contribution in [3.63, 3.8) is 0 Å². The molecular formula is C5H8N2O2. The van der Waals surface area contributed by atoms with Crippen molar-refractivity contribution in [2.45, 2.75) is 12.5 Å². The minimum absolute atomic E-state index is 0.0162. The summed E-state index contributed by atoms with van der Waals surface area (Å²) in [6.07, 6.45) is 1.70. The first-order chi connectivity index (χ1) is 4.29. The molecule has 0 saturated heterocycles. The molecule has 2 N–H and O–H groups in total. The van der Waals surface area contributed by atoms with Crippen LogP contribution >= 0.6 is 0 Å². The number of nitrogens with zero attached hydrogens (tertiary/aromatic N) is 1. The predicted octanol–water partition coefficient (Wildman–Crippen LogP) is -0.539. The molecule has 0 aliphatic carbocycles. The summed E-state index contributed by atoms with van der Waals surface area (Å²) in [5, 5.41) is 11.1. The van der Waals surface area contributed by atoms with Crippen LogP contribution in [0.5, 0.6) is 0 Å². The van der Waals surface area contributed by atoms with Gasteiger partial charge in [-0.15, -0.1) is 0 Å². The lowest BCUT2D eigenvalue weighted by atomic mass is 10.2. The third-order valence-corrected chi connectivity index (χ3v) is 1.15. The molecule has 0 amide bonds. The van der Waals surface area contributed by atoms with Crippen LogP contribution in [0, 0.1) is 0 Å². The zero-order chi connectivity index (χ0) is 6.69. The molecule has 1 atom stereocenters. The van der Waals surface area contributed by atoms with Crippen LogP contribution in [-0.4, -0.2) is 30.0 Å². The quantitative estimate of drug-likeness (QED) is 0.525. The van der Waals surface area contributed by atoms with Crippen molar-refractivity contribution in [1.29, 1.82) is 0 Å². The van der Waals surface area contributed by atoms with E-state index in [4.69, 9.17) is 5.11 Å². The van der Waals surface area contributed by atoms with Crippen LogP contribution in [0.15, 0.2) is 4.99 Å². The molecule has 50 valence electrons. The minimum Gasteiger partial charge on any atom is -0.481 e. The van der Waals surface area contributed by atoms with Crippen molar-refractivity contribution < 1.29 is 9.90 Å². The number of carboxylic acid groups (broad SMARTS) is 1. The van der Waals surface area contributed by atoms with Crippen molar-refractivity contribution in [3.05, 3.63) is 0 Å². The molecule has 4 nitrogen and oxygen atoms in total. The summed E-state index contributed by atoms with van der Waals surface area (Å²) in [5.74, 6) is -0.780. The van der Waals surface area contributed by atoms with Gasteiger partial charge in [0.05, 0.1) is 25.3 Å². The van der Waals surface area contributed by atoms with Gasteiger partial charge in [0.25, 0.3) is 0 Å². The van der Waals surface area contributed by atoms with Gasteiger partial charge in [-0.2, -0.15) is 0 Å². The third kappa shape index (κ3) is 1.71. The van der Waals surface area contributed by atoms with Crippen LogP contribution < -0.4 is 5.32 Å². The second-order valence-corrected chi connectivity index (χ2v) is 1.96. The molecule has 0 saturated carbocycles. The lowest BCUT2D eigenvalue weighted by Crippen LogP contribution is -2.27. The molecule has 1 unspecified atom stereocenters. The normalized spacial score (nSPS) is 23.8. The number of hydrogen-bond donors (Lipinski definition) is 2. The van der Waals surface area contributed by atoms with Gasteiger partial charge in [0, 0.05) is 0 Å². The van der Waals surface area contributed by atoms with Crippen molar-refractivity contribution in [2.75, 3.05) is 6.54 Å². The topological polar surface area (TPSA) is 61.7 Å². The maximum Gasteiger partial charge on any atom is 0.305 e. The van der Waals surface area contributed by atoms with Crippen LogP contribution in [-0.2, 0) is 4.79 Å². The standard InChI is InChI=1S/C5H8N2O2/c8-5(9)1-4-2-6-3-7-4/h3-4H,1-2H2,(H,6,7)(H,8,9). The lowest BCUT2D eigenvalue weighted by Gasteiger charge is -2.03. The molecule has 1 heterocycles. The first-order valence-corrected chi connectivity index (χ1v) is 2.75. The van der Waals surface area contributed by atoms with E-state index in [1.165, 1.54) is 0 Å². The van der Waals surface area contributed by atoms with E-state index < -0.39 is 5.97 Å². The van der Waals surface area contributed by atoms with Gasteiger partial charge in [0.2, 0.25) is 0 Å². The van der Waals surface area contributed by atoms with Crippen molar-refractivity contribution in [1.82, 2.24) is 5.32 Å². The van der Waals surface area contributed by atoms with E-state index in [0.717, 1.165) is 0 Å². The molecule has 0 aromatic heterocycles. The molecule has 0 bridgehead atoms. The Balaban J connectivity index is 2.22. The first kappa shape index (κ1) is 6.07. The summed E-state index contributed by atoms with van der Waals surface area (Å²) in [7, 11) is 0. The van der Waals surface area contributed by atoms with Crippen molar-refractivity contribution in [3.8, 4) is 0 Å². The smallest absolute Gasteiger partial charge is 0.305 e. The Morgan fingerprint density at radius 2 is 2.78 bits per heavy atom. The molecule has 1 aliphatic heterocycles. The lowest BCUT2D eigenvalue weighted by molar-refractivity contribution is -0.137. The van der Waals surface area contributed by atoms with Crippen LogP contribution in [0.25, 0.3) is 0 Å². The molecule has 4 heteroatoms. The maximum absolute atomic E-state index is 10.1. The van der Waals surface area contributed by atoms with Gasteiger partial charge in [-0.3, -0.25) is 9.79 Å². The number of rotatable bonds is 2. The van der Waals surface area contributed by atoms with Crippen LogP contribution in [0.2, 0.25) is 0 Å². The van der Waals surface area contributed by atoms with Gasteiger partial charge in [-0.05, 0) is 0 Å². The van der Waals surface area contributed by atoms with E-state index in [-0.39, 0.29) is 12.5 Å². The Morgan fingerprint density at radius 1 is 2.00 bits per heavy atom. The number of carbonyl (C=O) groups is 1. The zero-order valence-electron chi connectivity index (χ0n) is 4.87. The van der Waals surface area contributed by atoms with Gasteiger partial charge in [0.1, 0.15) is 0 Å². The summed E-state index contributed by atoms with van der Waals surface area (Å²) in [6.45, 7) is 0.590. The molecule has 0 aromatic carbocycles. The second-order valence-electron chi connectivity index (χ2n) is 1.96. The zero-order valence-corrected chi connectivity index (χ0v) is 4.87. The maximum atomic E-state index is 10.1. The molecule has 9 heavy (non-hydrogen) atoms. The van der Waals surface area contributed by atoms with Gasteiger partial charge in [-0.25, -0.2) is 0 Å². The molecule has 0 radical (unpaired) electrons. The number of carboxylic acids is 1. The molecule has 1 aliphatic rings. The Morgan fingerprint density at radius 3 is 3.22 bits per heavy atom. The van der Waals surface area contributed by atoms with Gasteiger partial charge in [-0.1, -0.05) is 0 Å². The Labute approximate surface area is 52.6 Å². The van der Waals surface area contributed by atoms with Crippen molar-refractivity contribution >= 4 is 12.3 Å².